The van der Waals surface area contributed by atoms with E-state index in [0.717, 1.165) is 0 Å². The van der Waals surface area contributed by atoms with Crippen molar-refractivity contribution in [2.24, 2.45) is 0 Å². The highest BCUT2D eigenvalue weighted by atomic mass is 16.7. The molecule has 0 radical (unpaired) electrons. The average molecular weight is 292 g/mol. The molecule has 0 aromatic heterocycles. The molecule has 0 aliphatic heterocycles. The molecule has 3 unspecified atom stereocenters. The first-order chi connectivity index (χ1) is 9.08. The summed E-state index contributed by atoms with van der Waals surface area (Å²) in [5.41, 5.74) is -2.97. The number of carbonyl (C=O) groups is 3. The third-order valence-electron chi connectivity index (χ3n) is 3.57. The van der Waals surface area contributed by atoms with Crippen molar-refractivity contribution in [3.05, 3.63) is 0 Å². The Morgan fingerprint density at radius 3 is 1.90 bits per heavy atom. The van der Waals surface area contributed by atoms with Crippen molar-refractivity contribution in [1.29, 1.82) is 0 Å². The van der Waals surface area contributed by atoms with Crippen LogP contribution in [0.15, 0.2) is 0 Å². The van der Waals surface area contributed by atoms with E-state index in [-0.39, 0.29) is 19.3 Å². The lowest BCUT2D eigenvalue weighted by Crippen LogP contribution is -2.60. The third-order valence-corrected chi connectivity index (χ3v) is 3.57. The lowest BCUT2D eigenvalue weighted by Gasteiger charge is -2.48. The Balaban J connectivity index is 2.98. The molecule has 1 saturated carbocycles. The highest BCUT2D eigenvalue weighted by Crippen LogP contribution is 2.43. The van der Waals surface area contributed by atoms with E-state index in [2.05, 4.69) is 4.74 Å². The van der Waals surface area contributed by atoms with Crippen molar-refractivity contribution in [1.82, 2.24) is 0 Å². The Hall–Kier alpha value is -2.19. The molecule has 0 amide bonds. The van der Waals surface area contributed by atoms with Crippen molar-refractivity contribution in [2.45, 2.75) is 50.4 Å². The zero-order valence-corrected chi connectivity index (χ0v) is 11.0. The van der Waals surface area contributed by atoms with Gasteiger partial charge in [-0.1, -0.05) is 0 Å². The largest absolute Gasteiger partial charge is 0.506 e. The van der Waals surface area contributed by atoms with Gasteiger partial charge in [-0.15, -0.1) is 0 Å². The highest BCUT2D eigenvalue weighted by Gasteiger charge is 2.56. The molecule has 0 aromatic carbocycles. The fourth-order valence-electron chi connectivity index (χ4n) is 2.39. The number of carboxylic acid groups (broad SMARTS) is 3. The second-order valence-electron chi connectivity index (χ2n) is 4.95. The second-order valence-corrected chi connectivity index (χ2v) is 4.95. The maximum absolute atomic E-state index is 10.8. The van der Waals surface area contributed by atoms with Crippen molar-refractivity contribution in [3.8, 4) is 0 Å². The molecule has 0 saturated heterocycles. The normalized spacial score (nSPS) is 33.0. The summed E-state index contributed by atoms with van der Waals surface area (Å²) in [4.78, 5) is 32.1. The molecule has 9 nitrogen and oxygen atoms in total. The van der Waals surface area contributed by atoms with E-state index in [9.17, 15) is 14.4 Å². The van der Waals surface area contributed by atoms with Gasteiger partial charge in [-0.05, 0) is 26.7 Å². The summed E-state index contributed by atoms with van der Waals surface area (Å²) < 4.78 is 14.1. The van der Waals surface area contributed by atoms with Crippen LogP contribution in [0.4, 0.5) is 14.4 Å². The summed E-state index contributed by atoms with van der Waals surface area (Å²) in [6.07, 6.45) is -5.31. The topological polar surface area (TPSA) is 140 Å². The molecule has 3 atom stereocenters. The molecule has 9 heteroatoms. The minimum absolute atomic E-state index is 0.0705. The summed E-state index contributed by atoms with van der Waals surface area (Å²) >= 11 is 0. The smallest absolute Gasteiger partial charge is 0.450 e. The van der Waals surface area contributed by atoms with E-state index in [1.165, 1.54) is 13.8 Å². The predicted molar refractivity (Wildman–Crippen MR) is 61.8 cm³/mol. The van der Waals surface area contributed by atoms with Crippen molar-refractivity contribution < 1.29 is 43.9 Å². The number of rotatable bonds is 3. The van der Waals surface area contributed by atoms with Crippen LogP contribution in [0.5, 0.6) is 0 Å². The molecule has 1 fully saturated rings. The zero-order chi connectivity index (χ0) is 15.6. The van der Waals surface area contributed by atoms with Gasteiger partial charge in [0.2, 0.25) is 0 Å². The minimum Gasteiger partial charge on any atom is -0.450 e. The molecular formula is C11H16O9. The SMILES string of the molecule is CC1(OC(=O)O)CCC(OC(=O)O)CC1(C)OC(=O)O. The Morgan fingerprint density at radius 1 is 0.950 bits per heavy atom. The van der Waals surface area contributed by atoms with E-state index in [4.69, 9.17) is 24.8 Å². The van der Waals surface area contributed by atoms with Gasteiger partial charge in [-0.3, -0.25) is 0 Å². The lowest BCUT2D eigenvalue weighted by atomic mass is 9.72. The van der Waals surface area contributed by atoms with Crippen LogP contribution in [0.3, 0.4) is 0 Å². The van der Waals surface area contributed by atoms with Crippen LogP contribution >= 0.6 is 0 Å². The van der Waals surface area contributed by atoms with Crippen molar-refractivity contribution >= 4 is 18.5 Å². The first kappa shape index (κ1) is 15.9. The van der Waals surface area contributed by atoms with E-state index >= 15 is 0 Å². The first-order valence-corrected chi connectivity index (χ1v) is 5.81. The summed E-state index contributed by atoms with van der Waals surface area (Å²) in [7, 11) is 0. The molecule has 1 aliphatic carbocycles. The maximum Gasteiger partial charge on any atom is 0.506 e. The second kappa shape index (κ2) is 5.43. The summed E-state index contributed by atoms with van der Waals surface area (Å²) in [6, 6.07) is 0. The molecule has 3 N–H and O–H groups in total. The average Bonchev–Trinajstić information content (AvgIpc) is 2.21. The van der Waals surface area contributed by atoms with Crippen molar-refractivity contribution in [3.63, 3.8) is 0 Å². The molecule has 0 spiro atoms. The van der Waals surface area contributed by atoms with Crippen LogP contribution in [-0.2, 0) is 14.2 Å². The zero-order valence-electron chi connectivity index (χ0n) is 11.0. The number of ether oxygens (including phenoxy) is 3. The minimum atomic E-state index is -1.61. The Bertz CT molecular complexity index is 420. The van der Waals surface area contributed by atoms with Crippen LogP contribution in [0.1, 0.15) is 33.1 Å². The molecule has 0 bridgehead atoms. The monoisotopic (exact) mass is 292 g/mol. The Labute approximate surface area is 114 Å². The van der Waals surface area contributed by atoms with Gasteiger partial charge >= 0.3 is 18.5 Å². The standard InChI is InChI=1S/C11H16O9/c1-10(19-8(14)15)4-3-6(18-7(12)13)5-11(10,2)20-9(16)17/h6H,3-5H2,1-2H3,(H,12,13)(H,14,15)(H,16,17). The quantitative estimate of drug-likeness (QED) is 0.527. The molecule has 0 heterocycles. The third kappa shape index (κ3) is 3.43. The fourth-order valence-corrected chi connectivity index (χ4v) is 2.39. The fraction of sp³-hybridized carbons (Fsp3) is 0.727. The maximum atomic E-state index is 10.8. The van der Waals surface area contributed by atoms with Gasteiger partial charge in [0.25, 0.3) is 0 Å². The van der Waals surface area contributed by atoms with E-state index in [1.807, 2.05) is 0 Å². The summed E-state index contributed by atoms with van der Waals surface area (Å²) in [5.74, 6) is 0. The highest BCUT2D eigenvalue weighted by molar-refractivity contribution is 5.60. The van der Waals surface area contributed by atoms with Gasteiger partial charge in [0.1, 0.15) is 6.10 Å². The van der Waals surface area contributed by atoms with Gasteiger partial charge in [-0.2, -0.15) is 0 Å². The van der Waals surface area contributed by atoms with E-state index < -0.39 is 35.8 Å². The summed E-state index contributed by atoms with van der Waals surface area (Å²) in [5, 5.41) is 26.1. The van der Waals surface area contributed by atoms with E-state index in [1.54, 1.807) is 0 Å². The van der Waals surface area contributed by atoms with Crippen LogP contribution in [0, 0.1) is 0 Å². The van der Waals surface area contributed by atoms with Crippen LogP contribution in [-0.4, -0.2) is 51.1 Å². The van der Waals surface area contributed by atoms with Gasteiger partial charge in [0.05, 0.1) is 0 Å². The molecule has 20 heavy (non-hydrogen) atoms. The first-order valence-electron chi connectivity index (χ1n) is 5.81. The Kier molecular flexibility index (Phi) is 4.31. The van der Waals surface area contributed by atoms with Gasteiger partial charge in [0.15, 0.2) is 11.2 Å². The lowest BCUT2D eigenvalue weighted by molar-refractivity contribution is -0.190. The molecular weight excluding hydrogens is 276 g/mol. The van der Waals surface area contributed by atoms with E-state index in [0.29, 0.717) is 0 Å². The van der Waals surface area contributed by atoms with Gasteiger partial charge in [0, 0.05) is 6.42 Å². The van der Waals surface area contributed by atoms with Crippen LogP contribution < -0.4 is 0 Å². The number of hydrogen-bond donors (Lipinski definition) is 3. The van der Waals surface area contributed by atoms with Crippen molar-refractivity contribution in [2.75, 3.05) is 0 Å². The number of hydrogen-bond acceptors (Lipinski definition) is 6. The molecule has 1 aliphatic rings. The molecule has 114 valence electrons. The Morgan fingerprint density at radius 2 is 1.45 bits per heavy atom. The summed E-state index contributed by atoms with van der Waals surface area (Å²) in [6.45, 7) is 2.75. The predicted octanol–water partition coefficient (Wildman–Crippen LogP) is 2.14. The molecule has 0 aromatic rings. The van der Waals surface area contributed by atoms with Gasteiger partial charge < -0.3 is 29.5 Å². The van der Waals surface area contributed by atoms with Gasteiger partial charge in [-0.25, -0.2) is 14.4 Å². The van der Waals surface area contributed by atoms with Crippen LogP contribution in [0.25, 0.3) is 0 Å². The molecule has 1 rings (SSSR count). The van der Waals surface area contributed by atoms with Crippen LogP contribution in [0.2, 0.25) is 0 Å².